The molecule has 0 heterocycles. The third-order valence-electron chi connectivity index (χ3n) is 6.66. The quantitative estimate of drug-likeness (QED) is 0.0615. The number of unbranched alkanes of at least 4 members (excludes halogenated alkanes) is 5. The standard InChI is InChI=1S/C28H60O11P2/c1-5-8-11-14-28(15-12-9-6-2)41(32,33)39-25-27(29)24-37-21-20-35-17-16-34-18-19-36-22-23-38-40(30,31)26(4)13-10-7-3/h26-29H,5-25H2,1-4H3,(H,30,31)(H,32,33). The molecule has 0 fully saturated rings. The SMILES string of the molecule is CCCCCC(CCCCC)P(=O)(O)OCC(O)COCCOCCOCCOCCOP(=O)(O)C(C)CCCC. The molecule has 13 heteroatoms. The molecule has 248 valence electrons. The second-order valence-electron chi connectivity index (χ2n) is 10.5. The summed E-state index contributed by atoms with van der Waals surface area (Å²) in [6.45, 7) is 10.0. The predicted molar refractivity (Wildman–Crippen MR) is 162 cm³/mol. The Kier molecular flexibility index (Phi) is 26.6. The normalized spacial score (nSPS) is 16.5. The Morgan fingerprint density at radius 2 is 1.02 bits per heavy atom. The number of hydrogen-bond acceptors (Lipinski definition) is 9. The van der Waals surface area contributed by atoms with Crippen molar-refractivity contribution in [3.8, 4) is 0 Å². The Bertz CT molecular complexity index is 673. The molecule has 0 amide bonds. The minimum atomic E-state index is -3.81. The lowest BCUT2D eigenvalue weighted by molar-refractivity contribution is -0.0260. The van der Waals surface area contributed by atoms with Crippen LogP contribution >= 0.6 is 15.2 Å². The van der Waals surface area contributed by atoms with Gasteiger partial charge in [0.25, 0.3) is 0 Å². The van der Waals surface area contributed by atoms with Gasteiger partial charge in [0, 0.05) is 0 Å². The molecule has 3 N–H and O–H groups in total. The van der Waals surface area contributed by atoms with Crippen molar-refractivity contribution in [1.82, 2.24) is 0 Å². The number of rotatable bonds is 31. The molecule has 0 saturated heterocycles. The lowest BCUT2D eigenvalue weighted by Crippen LogP contribution is -2.24. The zero-order chi connectivity index (χ0) is 30.8. The fraction of sp³-hybridized carbons (Fsp3) is 1.00. The van der Waals surface area contributed by atoms with Gasteiger partial charge in [-0.3, -0.25) is 9.13 Å². The third kappa shape index (κ3) is 23.2. The first-order valence-corrected chi connectivity index (χ1v) is 18.8. The molecule has 0 radical (unpaired) electrons. The highest BCUT2D eigenvalue weighted by Gasteiger charge is 2.32. The van der Waals surface area contributed by atoms with Crippen LogP contribution in [0.25, 0.3) is 0 Å². The van der Waals surface area contributed by atoms with Gasteiger partial charge < -0.3 is 42.9 Å². The Morgan fingerprint density at radius 3 is 1.51 bits per heavy atom. The summed E-state index contributed by atoms with van der Waals surface area (Å²) in [5.41, 5.74) is -0.764. The Morgan fingerprint density at radius 1 is 0.561 bits per heavy atom. The van der Waals surface area contributed by atoms with Crippen LogP contribution in [0.3, 0.4) is 0 Å². The van der Waals surface area contributed by atoms with E-state index < -0.39 is 21.3 Å². The van der Waals surface area contributed by atoms with Crippen LogP contribution in [0, 0.1) is 0 Å². The summed E-state index contributed by atoms with van der Waals surface area (Å²) in [5, 5.41) is 10.1. The van der Waals surface area contributed by atoms with Crippen LogP contribution in [0.1, 0.15) is 98.3 Å². The van der Waals surface area contributed by atoms with E-state index in [2.05, 4.69) is 13.8 Å². The molecule has 0 saturated carbocycles. The molecule has 0 bridgehead atoms. The minimum Gasteiger partial charge on any atom is -0.388 e. The molecule has 11 nitrogen and oxygen atoms in total. The summed E-state index contributed by atoms with van der Waals surface area (Å²) in [6.07, 6.45) is 8.81. The molecule has 0 aromatic rings. The third-order valence-corrected chi connectivity index (χ3v) is 10.5. The van der Waals surface area contributed by atoms with E-state index in [4.69, 9.17) is 28.0 Å². The summed E-state index contributed by atoms with van der Waals surface area (Å²) >= 11 is 0. The second-order valence-corrected chi connectivity index (χ2v) is 14.8. The molecule has 0 spiro atoms. The number of ether oxygens (including phenoxy) is 4. The largest absolute Gasteiger partial charge is 0.388 e. The summed E-state index contributed by atoms with van der Waals surface area (Å²) in [6, 6.07) is 0. The smallest absolute Gasteiger partial charge is 0.331 e. The summed E-state index contributed by atoms with van der Waals surface area (Å²) in [4.78, 5) is 20.4. The zero-order valence-electron chi connectivity index (χ0n) is 26.1. The molecule has 0 aliphatic heterocycles. The Labute approximate surface area is 249 Å². The van der Waals surface area contributed by atoms with Crippen molar-refractivity contribution in [2.75, 3.05) is 66.1 Å². The van der Waals surface area contributed by atoms with E-state index in [0.717, 1.165) is 51.4 Å². The van der Waals surface area contributed by atoms with Crippen LogP contribution in [0.5, 0.6) is 0 Å². The molecule has 0 aliphatic rings. The van der Waals surface area contributed by atoms with E-state index in [1.165, 1.54) is 0 Å². The summed E-state index contributed by atoms with van der Waals surface area (Å²) < 4.78 is 56.9. The Balaban J connectivity index is 3.79. The van der Waals surface area contributed by atoms with E-state index in [9.17, 15) is 24.0 Å². The van der Waals surface area contributed by atoms with Crippen LogP contribution in [0.2, 0.25) is 0 Å². The van der Waals surface area contributed by atoms with Crippen molar-refractivity contribution in [3.05, 3.63) is 0 Å². The molecule has 41 heavy (non-hydrogen) atoms. The van der Waals surface area contributed by atoms with Crippen molar-refractivity contribution in [2.24, 2.45) is 0 Å². The van der Waals surface area contributed by atoms with Crippen LogP contribution in [-0.2, 0) is 37.1 Å². The van der Waals surface area contributed by atoms with Crippen molar-refractivity contribution in [2.45, 2.75) is 116 Å². The van der Waals surface area contributed by atoms with E-state index in [1.807, 2.05) is 6.92 Å². The maximum Gasteiger partial charge on any atom is 0.331 e. The minimum absolute atomic E-state index is 0.0133. The average molecular weight is 635 g/mol. The lowest BCUT2D eigenvalue weighted by atomic mass is 10.1. The van der Waals surface area contributed by atoms with Crippen molar-refractivity contribution < 1.29 is 52.0 Å². The topological polar surface area (TPSA) is 150 Å². The number of aliphatic hydroxyl groups excluding tert-OH is 1. The van der Waals surface area contributed by atoms with Crippen molar-refractivity contribution in [3.63, 3.8) is 0 Å². The molecule has 0 rings (SSSR count). The van der Waals surface area contributed by atoms with E-state index >= 15 is 0 Å². The van der Waals surface area contributed by atoms with Gasteiger partial charge in [0.15, 0.2) is 0 Å². The fourth-order valence-electron chi connectivity index (χ4n) is 3.97. The first-order chi connectivity index (χ1) is 19.6. The molecule has 4 atom stereocenters. The van der Waals surface area contributed by atoms with E-state index in [0.29, 0.717) is 52.3 Å². The second kappa shape index (κ2) is 26.5. The maximum absolute atomic E-state index is 12.8. The van der Waals surface area contributed by atoms with Crippen LogP contribution in [0.4, 0.5) is 0 Å². The van der Waals surface area contributed by atoms with Gasteiger partial charge in [0.1, 0.15) is 6.10 Å². The van der Waals surface area contributed by atoms with Gasteiger partial charge in [-0.15, -0.1) is 0 Å². The lowest BCUT2D eigenvalue weighted by Gasteiger charge is -2.24. The monoisotopic (exact) mass is 634 g/mol. The predicted octanol–water partition coefficient (Wildman–Crippen LogP) is 5.93. The van der Waals surface area contributed by atoms with Gasteiger partial charge in [0.05, 0.1) is 77.4 Å². The first kappa shape index (κ1) is 41.1. The fourth-order valence-corrected chi connectivity index (χ4v) is 6.69. The molecule has 4 unspecified atom stereocenters. The van der Waals surface area contributed by atoms with Crippen LogP contribution < -0.4 is 0 Å². The summed E-state index contributed by atoms with van der Waals surface area (Å²) in [7, 11) is -7.42. The highest BCUT2D eigenvalue weighted by atomic mass is 31.2. The van der Waals surface area contributed by atoms with E-state index in [1.54, 1.807) is 6.92 Å². The van der Waals surface area contributed by atoms with Crippen molar-refractivity contribution >= 4 is 15.2 Å². The number of aliphatic hydroxyl groups is 1. The number of hydrogen-bond donors (Lipinski definition) is 3. The first-order valence-electron chi connectivity index (χ1n) is 15.5. The van der Waals surface area contributed by atoms with Gasteiger partial charge in [-0.25, -0.2) is 0 Å². The highest BCUT2D eigenvalue weighted by Crippen LogP contribution is 2.51. The van der Waals surface area contributed by atoms with Crippen molar-refractivity contribution in [1.29, 1.82) is 0 Å². The van der Waals surface area contributed by atoms with Gasteiger partial charge in [-0.2, -0.15) is 0 Å². The summed E-state index contributed by atoms with van der Waals surface area (Å²) in [5.74, 6) is 0. The molecular formula is C28H60O11P2. The van der Waals surface area contributed by atoms with Crippen LogP contribution in [0.15, 0.2) is 0 Å². The molecular weight excluding hydrogens is 574 g/mol. The van der Waals surface area contributed by atoms with Crippen LogP contribution in [-0.4, -0.2) is 98.4 Å². The zero-order valence-corrected chi connectivity index (χ0v) is 27.9. The van der Waals surface area contributed by atoms with Gasteiger partial charge >= 0.3 is 15.2 Å². The Hall–Kier alpha value is 0.1000. The molecule has 0 aromatic carbocycles. The van der Waals surface area contributed by atoms with Gasteiger partial charge in [0.2, 0.25) is 0 Å². The van der Waals surface area contributed by atoms with Gasteiger partial charge in [-0.1, -0.05) is 79.1 Å². The molecule has 0 aromatic heterocycles. The van der Waals surface area contributed by atoms with E-state index in [-0.39, 0.29) is 44.4 Å². The average Bonchev–Trinajstić information content (AvgIpc) is 2.94. The van der Waals surface area contributed by atoms with Gasteiger partial charge in [-0.05, 0) is 19.3 Å². The molecule has 0 aliphatic carbocycles. The maximum atomic E-state index is 12.8. The highest BCUT2D eigenvalue weighted by molar-refractivity contribution is 7.53.